The van der Waals surface area contributed by atoms with E-state index in [1.807, 2.05) is 24.3 Å². The Morgan fingerprint density at radius 1 is 1.15 bits per heavy atom. The summed E-state index contributed by atoms with van der Waals surface area (Å²) in [5.74, 6) is -1.07. The quantitative estimate of drug-likeness (QED) is 0.600. The molecular weight excluding hydrogens is 329 g/mol. The SMILES string of the molecule is CC(C)n1c(/C=C/CCC(=O)O)c(-c2ccc(F)cc2)c2ccccc21. The third-order valence-corrected chi connectivity index (χ3v) is 4.40. The topological polar surface area (TPSA) is 42.2 Å². The van der Waals surface area contributed by atoms with Crippen LogP contribution in [-0.4, -0.2) is 15.6 Å². The van der Waals surface area contributed by atoms with Crippen LogP contribution in [0.1, 0.15) is 38.4 Å². The van der Waals surface area contributed by atoms with E-state index in [0.717, 1.165) is 27.7 Å². The van der Waals surface area contributed by atoms with Gasteiger partial charge in [-0.1, -0.05) is 36.4 Å². The molecule has 2 aromatic carbocycles. The van der Waals surface area contributed by atoms with Crippen molar-refractivity contribution in [3.63, 3.8) is 0 Å². The van der Waals surface area contributed by atoms with Crippen LogP contribution in [0.25, 0.3) is 28.1 Å². The number of halogens is 1. The molecule has 0 aliphatic heterocycles. The first-order chi connectivity index (χ1) is 12.5. The summed E-state index contributed by atoms with van der Waals surface area (Å²) in [4.78, 5) is 10.8. The Kier molecular flexibility index (Phi) is 5.21. The Morgan fingerprint density at radius 2 is 1.85 bits per heavy atom. The van der Waals surface area contributed by atoms with Crippen molar-refractivity contribution >= 4 is 22.9 Å². The minimum absolute atomic E-state index is 0.101. The van der Waals surface area contributed by atoms with Crippen LogP contribution in [0.4, 0.5) is 4.39 Å². The van der Waals surface area contributed by atoms with E-state index in [4.69, 9.17) is 5.11 Å². The van der Waals surface area contributed by atoms with Gasteiger partial charge in [-0.25, -0.2) is 4.39 Å². The smallest absolute Gasteiger partial charge is 0.303 e. The second kappa shape index (κ2) is 7.56. The second-order valence-corrected chi connectivity index (χ2v) is 6.58. The lowest BCUT2D eigenvalue weighted by Crippen LogP contribution is -2.03. The summed E-state index contributed by atoms with van der Waals surface area (Å²) in [6.07, 6.45) is 4.46. The summed E-state index contributed by atoms with van der Waals surface area (Å²) in [6.45, 7) is 4.24. The van der Waals surface area contributed by atoms with Gasteiger partial charge in [-0.3, -0.25) is 4.79 Å². The molecule has 0 unspecified atom stereocenters. The molecule has 3 aromatic rings. The fourth-order valence-electron chi connectivity index (χ4n) is 3.32. The monoisotopic (exact) mass is 351 g/mol. The van der Waals surface area contributed by atoms with Crippen molar-refractivity contribution in [2.24, 2.45) is 0 Å². The van der Waals surface area contributed by atoms with Crippen LogP contribution in [0, 0.1) is 5.82 Å². The Bertz CT molecular complexity index is 952. The lowest BCUT2D eigenvalue weighted by atomic mass is 10.0. The van der Waals surface area contributed by atoms with E-state index in [9.17, 15) is 9.18 Å². The Hall–Kier alpha value is -2.88. The van der Waals surface area contributed by atoms with Crippen molar-refractivity contribution in [3.8, 4) is 11.1 Å². The van der Waals surface area contributed by atoms with Crippen molar-refractivity contribution in [3.05, 3.63) is 66.1 Å². The average Bonchev–Trinajstić information content (AvgIpc) is 2.93. The minimum atomic E-state index is -0.808. The van der Waals surface area contributed by atoms with E-state index in [1.165, 1.54) is 12.1 Å². The molecule has 26 heavy (non-hydrogen) atoms. The highest BCUT2D eigenvalue weighted by atomic mass is 19.1. The Labute approximate surface area is 152 Å². The van der Waals surface area contributed by atoms with Crippen molar-refractivity contribution in [1.29, 1.82) is 0 Å². The first-order valence-electron chi connectivity index (χ1n) is 8.76. The van der Waals surface area contributed by atoms with E-state index in [2.05, 4.69) is 30.5 Å². The molecule has 1 aromatic heterocycles. The van der Waals surface area contributed by atoms with Crippen LogP contribution >= 0.6 is 0 Å². The number of rotatable bonds is 6. The van der Waals surface area contributed by atoms with E-state index in [1.54, 1.807) is 12.1 Å². The first kappa shape index (κ1) is 17.9. The number of fused-ring (bicyclic) bond motifs is 1. The maximum absolute atomic E-state index is 13.4. The van der Waals surface area contributed by atoms with Crippen LogP contribution in [0.2, 0.25) is 0 Å². The fraction of sp³-hybridized carbons (Fsp3) is 0.227. The molecule has 134 valence electrons. The third-order valence-electron chi connectivity index (χ3n) is 4.40. The normalized spacial score (nSPS) is 11.7. The Morgan fingerprint density at radius 3 is 2.50 bits per heavy atom. The average molecular weight is 351 g/mol. The van der Waals surface area contributed by atoms with Crippen LogP contribution < -0.4 is 0 Å². The van der Waals surface area contributed by atoms with Gasteiger partial charge in [0.25, 0.3) is 0 Å². The van der Waals surface area contributed by atoms with E-state index < -0.39 is 5.97 Å². The summed E-state index contributed by atoms with van der Waals surface area (Å²) < 4.78 is 15.6. The molecular formula is C22H22FNO2. The molecule has 0 fully saturated rings. The van der Waals surface area contributed by atoms with Gasteiger partial charge >= 0.3 is 5.97 Å². The van der Waals surface area contributed by atoms with Gasteiger partial charge in [0.15, 0.2) is 0 Å². The van der Waals surface area contributed by atoms with Crippen molar-refractivity contribution in [2.45, 2.75) is 32.7 Å². The van der Waals surface area contributed by atoms with Gasteiger partial charge in [0.1, 0.15) is 5.82 Å². The summed E-state index contributed by atoms with van der Waals surface area (Å²) in [6, 6.07) is 14.9. The third kappa shape index (κ3) is 3.54. The summed E-state index contributed by atoms with van der Waals surface area (Å²) >= 11 is 0. The van der Waals surface area contributed by atoms with Crippen molar-refractivity contribution in [1.82, 2.24) is 4.57 Å². The highest BCUT2D eigenvalue weighted by Gasteiger charge is 2.18. The number of nitrogens with zero attached hydrogens (tertiary/aromatic N) is 1. The van der Waals surface area contributed by atoms with E-state index in [-0.39, 0.29) is 18.3 Å². The lowest BCUT2D eigenvalue weighted by molar-refractivity contribution is -0.136. The fourth-order valence-corrected chi connectivity index (χ4v) is 3.32. The van der Waals surface area contributed by atoms with Gasteiger partial charge in [-0.05, 0) is 50.1 Å². The molecule has 0 saturated heterocycles. The number of carbonyl (C=O) groups is 1. The number of aliphatic carboxylic acids is 1. The first-order valence-corrected chi connectivity index (χ1v) is 8.76. The largest absolute Gasteiger partial charge is 0.481 e. The van der Waals surface area contributed by atoms with E-state index in [0.29, 0.717) is 6.42 Å². The number of hydrogen-bond acceptors (Lipinski definition) is 1. The molecule has 0 aliphatic carbocycles. The van der Waals surface area contributed by atoms with Crippen LogP contribution in [0.15, 0.2) is 54.6 Å². The molecule has 0 bridgehead atoms. The number of aromatic nitrogens is 1. The lowest BCUT2D eigenvalue weighted by Gasteiger charge is -2.13. The van der Waals surface area contributed by atoms with Crippen molar-refractivity contribution in [2.75, 3.05) is 0 Å². The van der Waals surface area contributed by atoms with Gasteiger partial charge in [-0.2, -0.15) is 0 Å². The zero-order valence-electron chi connectivity index (χ0n) is 14.9. The zero-order chi connectivity index (χ0) is 18.7. The molecule has 3 rings (SSSR count). The number of carboxylic acid groups (broad SMARTS) is 1. The molecule has 0 amide bonds. The van der Waals surface area contributed by atoms with Crippen LogP contribution in [0.5, 0.6) is 0 Å². The highest BCUT2D eigenvalue weighted by Crippen LogP contribution is 2.37. The molecule has 0 atom stereocenters. The maximum Gasteiger partial charge on any atom is 0.303 e. The van der Waals surface area contributed by atoms with Crippen molar-refractivity contribution < 1.29 is 14.3 Å². The Balaban J connectivity index is 2.21. The van der Waals surface area contributed by atoms with Gasteiger partial charge in [-0.15, -0.1) is 0 Å². The number of hydrogen-bond donors (Lipinski definition) is 1. The molecule has 1 N–H and O–H groups in total. The second-order valence-electron chi connectivity index (χ2n) is 6.58. The molecule has 0 spiro atoms. The highest BCUT2D eigenvalue weighted by molar-refractivity contribution is 6.01. The number of para-hydroxylation sites is 1. The van der Waals surface area contributed by atoms with Crippen LogP contribution in [0.3, 0.4) is 0 Å². The summed E-state index contributed by atoms with van der Waals surface area (Å²) in [5, 5.41) is 9.95. The van der Waals surface area contributed by atoms with Gasteiger partial charge in [0.2, 0.25) is 0 Å². The standard InChI is InChI=1S/C22H22FNO2/c1-15(2)24-19-8-4-3-7-18(19)22(16-11-13-17(23)14-12-16)20(24)9-5-6-10-21(25)26/h3-5,7-9,11-15H,6,10H2,1-2H3,(H,25,26)/b9-5+. The number of carboxylic acids is 1. The summed E-state index contributed by atoms with van der Waals surface area (Å²) in [5.41, 5.74) is 4.11. The van der Waals surface area contributed by atoms with Gasteiger partial charge < -0.3 is 9.67 Å². The molecule has 0 radical (unpaired) electrons. The minimum Gasteiger partial charge on any atom is -0.481 e. The van der Waals surface area contributed by atoms with Gasteiger partial charge in [0, 0.05) is 34.6 Å². The molecule has 3 nitrogen and oxygen atoms in total. The summed E-state index contributed by atoms with van der Waals surface area (Å²) in [7, 11) is 0. The van der Waals surface area contributed by atoms with Gasteiger partial charge in [0.05, 0.1) is 0 Å². The van der Waals surface area contributed by atoms with Crippen LogP contribution in [-0.2, 0) is 4.79 Å². The number of allylic oxidation sites excluding steroid dienone is 1. The van der Waals surface area contributed by atoms with E-state index >= 15 is 0 Å². The molecule has 1 heterocycles. The maximum atomic E-state index is 13.4. The molecule has 4 heteroatoms. The molecule has 0 saturated carbocycles. The predicted molar refractivity (Wildman–Crippen MR) is 104 cm³/mol. The zero-order valence-corrected chi connectivity index (χ0v) is 14.9. The number of benzene rings is 2. The molecule has 0 aliphatic rings. The predicted octanol–water partition coefficient (Wildman–Crippen LogP) is 5.91.